The van der Waals surface area contributed by atoms with Gasteiger partial charge in [-0.05, 0) is 17.7 Å². The van der Waals surface area contributed by atoms with Crippen molar-refractivity contribution in [1.82, 2.24) is 20.2 Å². The summed E-state index contributed by atoms with van der Waals surface area (Å²) < 4.78 is 0. The summed E-state index contributed by atoms with van der Waals surface area (Å²) in [5, 5.41) is 11.2. The van der Waals surface area contributed by atoms with E-state index in [1.165, 1.54) is 0 Å². The van der Waals surface area contributed by atoms with Gasteiger partial charge in [0.15, 0.2) is 17.5 Å². The van der Waals surface area contributed by atoms with E-state index in [1.807, 2.05) is 36.2 Å². The highest BCUT2D eigenvalue weighted by atomic mass is 35.5. The number of aromatic amines is 1. The standard InChI is InChI=1S/C20H21ClN8O/c1-27-11-17(30)24-18-19(27)22-12-23-20(18)29-8-6-28(7-9-29)16-10-15(25-26-16)13-2-4-14(21)5-3-13/h2-5,10,12H,6-9,11H2,1H3,(H,24,30)(H,25,26). The van der Waals surface area contributed by atoms with Crippen molar-refractivity contribution in [3.8, 4) is 11.3 Å². The van der Waals surface area contributed by atoms with Crippen molar-refractivity contribution in [2.75, 3.05) is 59.8 Å². The predicted molar refractivity (Wildman–Crippen MR) is 117 cm³/mol. The first-order chi connectivity index (χ1) is 14.6. The van der Waals surface area contributed by atoms with Crippen molar-refractivity contribution >= 4 is 40.6 Å². The van der Waals surface area contributed by atoms with Crippen molar-refractivity contribution in [2.24, 2.45) is 0 Å². The first-order valence-corrected chi connectivity index (χ1v) is 10.1. The molecule has 0 atom stereocenters. The maximum Gasteiger partial charge on any atom is 0.244 e. The highest BCUT2D eigenvalue weighted by molar-refractivity contribution is 6.30. The normalized spacial score (nSPS) is 16.5. The van der Waals surface area contributed by atoms with E-state index in [0.717, 1.165) is 54.9 Å². The third kappa shape index (κ3) is 3.41. The summed E-state index contributed by atoms with van der Waals surface area (Å²) in [4.78, 5) is 27.0. The highest BCUT2D eigenvalue weighted by Gasteiger charge is 2.28. The summed E-state index contributed by atoms with van der Waals surface area (Å²) in [6.45, 7) is 3.44. The molecule has 154 valence electrons. The average molecular weight is 425 g/mol. The van der Waals surface area contributed by atoms with Gasteiger partial charge in [-0.1, -0.05) is 23.7 Å². The second-order valence-electron chi connectivity index (χ2n) is 7.42. The molecule has 3 aromatic rings. The van der Waals surface area contributed by atoms with Gasteiger partial charge in [0.25, 0.3) is 0 Å². The van der Waals surface area contributed by atoms with Crippen molar-refractivity contribution in [2.45, 2.75) is 0 Å². The minimum atomic E-state index is -0.0501. The maximum atomic E-state index is 12.0. The number of hydrogen-bond acceptors (Lipinski definition) is 7. The Bertz CT molecular complexity index is 1070. The van der Waals surface area contributed by atoms with Gasteiger partial charge in [-0.3, -0.25) is 9.89 Å². The minimum absolute atomic E-state index is 0.0501. The van der Waals surface area contributed by atoms with Crippen LogP contribution in [0.4, 0.5) is 23.1 Å². The number of H-pyrrole nitrogens is 1. The molecule has 1 aromatic carbocycles. The van der Waals surface area contributed by atoms with Crippen LogP contribution >= 0.6 is 11.6 Å². The van der Waals surface area contributed by atoms with Crippen molar-refractivity contribution in [3.05, 3.63) is 41.7 Å². The number of carbonyl (C=O) groups is 1. The largest absolute Gasteiger partial charge is 0.352 e. The summed E-state index contributed by atoms with van der Waals surface area (Å²) in [6, 6.07) is 9.74. The molecule has 4 heterocycles. The number of anilines is 4. The Balaban J connectivity index is 1.30. The van der Waals surface area contributed by atoms with E-state index in [-0.39, 0.29) is 5.91 Å². The van der Waals surface area contributed by atoms with Crippen LogP contribution in [0.3, 0.4) is 0 Å². The van der Waals surface area contributed by atoms with Crippen molar-refractivity contribution < 1.29 is 4.79 Å². The monoisotopic (exact) mass is 424 g/mol. The highest BCUT2D eigenvalue weighted by Crippen LogP contribution is 2.34. The Labute approximate surface area is 178 Å². The van der Waals surface area contributed by atoms with Gasteiger partial charge in [-0.25, -0.2) is 9.97 Å². The van der Waals surface area contributed by atoms with E-state index in [9.17, 15) is 4.79 Å². The fourth-order valence-corrected chi connectivity index (χ4v) is 4.00. The molecule has 0 unspecified atom stereocenters. The quantitative estimate of drug-likeness (QED) is 0.665. The van der Waals surface area contributed by atoms with Crippen molar-refractivity contribution in [1.29, 1.82) is 0 Å². The zero-order chi connectivity index (χ0) is 20.7. The molecule has 5 rings (SSSR count). The summed E-state index contributed by atoms with van der Waals surface area (Å²) in [6.07, 6.45) is 1.56. The van der Waals surface area contributed by atoms with Gasteiger partial charge in [0.05, 0.1) is 12.2 Å². The van der Waals surface area contributed by atoms with Crippen LogP contribution in [0.2, 0.25) is 5.02 Å². The van der Waals surface area contributed by atoms with Crippen LogP contribution in [0.5, 0.6) is 0 Å². The first kappa shape index (κ1) is 18.7. The van der Waals surface area contributed by atoms with E-state index >= 15 is 0 Å². The lowest BCUT2D eigenvalue weighted by atomic mass is 10.1. The van der Waals surface area contributed by atoms with Crippen LogP contribution in [0.1, 0.15) is 0 Å². The van der Waals surface area contributed by atoms with E-state index in [2.05, 4.69) is 41.3 Å². The van der Waals surface area contributed by atoms with Gasteiger partial charge in [0.2, 0.25) is 5.91 Å². The average Bonchev–Trinajstić information content (AvgIpc) is 3.24. The van der Waals surface area contributed by atoms with Crippen molar-refractivity contribution in [3.63, 3.8) is 0 Å². The zero-order valence-corrected chi connectivity index (χ0v) is 17.2. The molecule has 2 aliphatic heterocycles. The van der Waals surface area contributed by atoms with E-state index in [0.29, 0.717) is 17.3 Å². The topological polar surface area (TPSA) is 93.3 Å². The fourth-order valence-electron chi connectivity index (χ4n) is 3.88. The number of aromatic nitrogens is 4. The Morgan fingerprint density at radius 1 is 1.00 bits per heavy atom. The summed E-state index contributed by atoms with van der Waals surface area (Å²) >= 11 is 5.98. The van der Waals surface area contributed by atoms with Crippen LogP contribution in [-0.2, 0) is 4.79 Å². The second-order valence-corrected chi connectivity index (χ2v) is 7.86. The van der Waals surface area contributed by atoms with Crippen LogP contribution < -0.4 is 20.0 Å². The Hall–Kier alpha value is -3.33. The summed E-state index contributed by atoms with van der Waals surface area (Å²) in [5.74, 6) is 2.38. The molecule has 9 nitrogen and oxygen atoms in total. The third-order valence-corrected chi connectivity index (χ3v) is 5.69. The maximum absolute atomic E-state index is 12.0. The molecule has 2 N–H and O–H groups in total. The van der Waals surface area contributed by atoms with E-state index in [1.54, 1.807) is 6.33 Å². The molecule has 0 bridgehead atoms. The molecule has 1 amide bonds. The second kappa shape index (κ2) is 7.49. The molecular weight excluding hydrogens is 404 g/mol. The Kier molecular flexibility index (Phi) is 4.66. The molecule has 2 aliphatic rings. The predicted octanol–water partition coefficient (Wildman–Crippen LogP) is 2.23. The molecule has 10 heteroatoms. The summed E-state index contributed by atoms with van der Waals surface area (Å²) in [5.41, 5.74) is 2.69. The minimum Gasteiger partial charge on any atom is -0.352 e. The first-order valence-electron chi connectivity index (χ1n) is 9.76. The lowest BCUT2D eigenvalue weighted by Gasteiger charge is -2.37. The van der Waals surface area contributed by atoms with Crippen LogP contribution in [0.25, 0.3) is 11.3 Å². The SMILES string of the molecule is CN1CC(=O)Nc2c1ncnc2N1CCN(c2cc(-c3ccc(Cl)cc3)[nH]n2)CC1. The molecule has 30 heavy (non-hydrogen) atoms. The lowest BCUT2D eigenvalue weighted by Crippen LogP contribution is -2.47. The molecule has 0 saturated carbocycles. The number of halogens is 1. The molecule has 1 fully saturated rings. The smallest absolute Gasteiger partial charge is 0.244 e. The van der Waals surface area contributed by atoms with Crippen LogP contribution in [-0.4, -0.2) is 65.8 Å². The molecule has 1 saturated heterocycles. The number of amides is 1. The third-order valence-electron chi connectivity index (χ3n) is 5.44. The van der Waals surface area contributed by atoms with Gasteiger partial charge in [-0.2, -0.15) is 5.10 Å². The number of rotatable bonds is 3. The molecule has 2 aromatic heterocycles. The number of likely N-dealkylation sites (N-methyl/N-ethyl adjacent to an activating group) is 1. The van der Waals surface area contributed by atoms with Crippen LogP contribution in [0.15, 0.2) is 36.7 Å². The number of nitrogens with zero attached hydrogens (tertiary/aromatic N) is 6. The van der Waals surface area contributed by atoms with Gasteiger partial charge in [-0.15, -0.1) is 0 Å². The number of fused-ring (bicyclic) bond motifs is 1. The number of carbonyl (C=O) groups excluding carboxylic acids is 1. The lowest BCUT2D eigenvalue weighted by molar-refractivity contribution is -0.115. The van der Waals surface area contributed by atoms with E-state index in [4.69, 9.17) is 11.6 Å². The molecular formula is C20H21ClN8O. The molecule has 0 radical (unpaired) electrons. The number of piperazine rings is 1. The van der Waals surface area contributed by atoms with Gasteiger partial charge >= 0.3 is 0 Å². The number of nitrogens with one attached hydrogen (secondary N) is 2. The number of benzene rings is 1. The van der Waals surface area contributed by atoms with Gasteiger partial charge in [0.1, 0.15) is 12.0 Å². The Morgan fingerprint density at radius 2 is 1.70 bits per heavy atom. The van der Waals surface area contributed by atoms with Crippen LogP contribution in [0, 0.1) is 0 Å². The zero-order valence-electron chi connectivity index (χ0n) is 16.5. The molecule has 0 aliphatic carbocycles. The number of hydrogen-bond donors (Lipinski definition) is 2. The van der Waals surface area contributed by atoms with E-state index < -0.39 is 0 Å². The summed E-state index contributed by atoms with van der Waals surface area (Å²) in [7, 11) is 1.86. The van der Waals surface area contributed by atoms with Gasteiger partial charge < -0.3 is 20.0 Å². The van der Waals surface area contributed by atoms with Gasteiger partial charge in [0, 0.05) is 44.3 Å². The fraction of sp³-hybridized carbons (Fsp3) is 0.300. The Morgan fingerprint density at radius 3 is 2.47 bits per heavy atom. The molecule has 0 spiro atoms.